The molecule has 0 saturated heterocycles. The topological polar surface area (TPSA) is 80.7 Å². The normalized spacial score (nSPS) is 45.9. The molecule has 1 N–H and O–H groups in total. The first-order valence-electron chi connectivity index (χ1n) is 10.5. The number of ketones is 3. The van der Waals surface area contributed by atoms with Gasteiger partial charge < -0.3 is 9.84 Å². The first-order valence-corrected chi connectivity index (χ1v) is 10.5. The highest BCUT2D eigenvalue weighted by Crippen LogP contribution is 2.71. The number of methoxy groups -OCH3 is 1. The van der Waals surface area contributed by atoms with E-state index in [1.54, 1.807) is 12.2 Å². The average Bonchev–Trinajstić information content (AvgIpc) is 3.00. The lowest BCUT2D eigenvalue weighted by Crippen LogP contribution is -2.65. The van der Waals surface area contributed by atoms with Crippen LogP contribution in [0.3, 0.4) is 0 Å². The summed E-state index contributed by atoms with van der Waals surface area (Å²) in [6.45, 7) is 7.55. The van der Waals surface area contributed by atoms with Gasteiger partial charge >= 0.3 is 0 Å². The number of aliphatic hydroxyl groups is 1. The second kappa shape index (κ2) is 6.32. The fraction of sp³-hybridized carbons (Fsp3) is 0.625. The Kier molecular flexibility index (Phi) is 4.45. The van der Waals surface area contributed by atoms with E-state index in [1.807, 2.05) is 26.0 Å². The fourth-order valence-electron chi connectivity index (χ4n) is 7.57. The highest BCUT2D eigenvalue weighted by atomic mass is 16.5. The Labute approximate surface area is 171 Å². The number of hydrogen-bond donors (Lipinski definition) is 1. The van der Waals surface area contributed by atoms with E-state index in [4.69, 9.17) is 4.74 Å². The SMILES string of the molecule is C=C[C@]12C(=O)C[C@@]3(C)[C@@H](CC[C@]3(OC)C(=O)CO)[C@@H]1CCC1=CC(=O)C=C[C@@]12C. The zero-order chi connectivity index (χ0) is 21.2. The number of rotatable bonds is 4. The molecule has 4 aliphatic rings. The van der Waals surface area contributed by atoms with Crippen LogP contribution in [0.4, 0.5) is 0 Å². The predicted molar refractivity (Wildman–Crippen MR) is 108 cm³/mol. The van der Waals surface area contributed by atoms with Crippen molar-refractivity contribution in [2.75, 3.05) is 13.7 Å². The van der Waals surface area contributed by atoms with Crippen LogP contribution in [0, 0.1) is 28.1 Å². The monoisotopic (exact) mass is 398 g/mol. The molecular formula is C24H30O5. The van der Waals surface area contributed by atoms with E-state index < -0.39 is 28.5 Å². The van der Waals surface area contributed by atoms with E-state index in [0.29, 0.717) is 6.42 Å². The van der Waals surface area contributed by atoms with Gasteiger partial charge in [0.2, 0.25) is 0 Å². The van der Waals surface area contributed by atoms with Gasteiger partial charge in [0.1, 0.15) is 18.0 Å². The Morgan fingerprint density at radius 3 is 2.66 bits per heavy atom. The summed E-state index contributed by atoms with van der Waals surface area (Å²) < 4.78 is 5.81. The Morgan fingerprint density at radius 2 is 2.03 bits per heavy atom. The minimum atomic E-state index is -1.13. The maximum atomic E-state index is 13.9. The third-order valence-corrected chi connectivity index (χ3v) is 9.02. The molecule has 0 heterocycles. The van der Waals surface area contributed by atoms with Crippen molar-refractivity contribution in [1.82, 2.24) is 0 Å². The first-order chi connectivity index (χ1) is 13.7. The molecule has 4 rings (SSSR count). The molecule has 0 aliphatic heterocycles. The summed E-state index contributed by atoms with van der Waals surface area (Å²) in [5.41, 5.74) is -2.18. The van der Waals surface area contributed by atoms with Crippen LogP contribution >= 0.6 is 0 Å². The van der Waals surface area contributed by atoms with Crippen molar-refractivity contribution >= 4 is 17.3 Å². The first kappa shape index (κ1) is 20.4. The van der Waals surface area contributed by atoms with Gasteiger partial charge in [-0.3, -0.25) is 14.4 Å². The van der Waals surface area contributed by atoms with Crippen molar-refractivity contribution in [3.8, 4) is 0 Å². The third-order valence-electron chi connectivity index (χ3n) is 9.02. The van der Waals surface area contributed by atoms with E-state index in [-0.39, 0.29) is 35.6 Å². The lowest BCUT2D eigenvalue weighted by molar-refractivity contribution is -0.181. The number of allylic oxidation sites excluding steroid dienone is 5. The minimum absolute atomic E-state index is 0.00905. The Bertz CT molecular complexity index is 868. The molecule has 0 aromatic carbocycles. The van der Waals surface area contributed by atoms with E-state index in [9.17, 15) is 19.5 Å². The molecule has 0 radical (unpaired) electrons. The number of carbonyl (C=O) groups excluding carboxylic acids is 3. The molecule has 0 unspecified atom stereocenters. The Morgan fingerprint density at radius 1 is 1.31 bits per heavy atom. The van der Waals surface area contributed by atoms with Crippen LogP contribution in [-0.4, -0.2) is 41.8 Å². The number of fused-ring (bicyclic) bond motifs is 5. The number of ether oxygens (including phenoxy) is 1. The predicted octanol–water partition coefficient (Wildman–Crippen LogP) is 2.98. The van der Waals surface area contributed by atoms with E-state index >= 15 is 0 Å². The molecule has 6 atom stereocenters. The quantitative estimate of drug-likeness (QED) is 0.737. The fourth-order valence-corrected chi connectivity index (χ4v) is 7.57. The molecule has 3 saturated carbocycles. The zero-order valence-electron chi connectivity index (χ0n) is 17.5. The average molecular weight is 398 g/mol. The van der Waals surface area contributed by atoms with Crippen LogP contribution in [0.15, 0.2) is 36.5 Å². The summed E-state index contributed by atoms with van der Waals surface area (Å²) >= 11 is 0. The highest BCUT2D eigenvalue weighted by Gasteiger charge is 2.73. The molecular weight excluding hydrogens is 368 g/mol. The van der Waals surface area contributed by atoms with Gasteiger partial charge in [-0.15, -0.1) is 6.58 Å². The largest absolute Gasteiger partial charge is 0.388 e. The number of carbonyl (C=O) groups is 3. The molecule has 4 aliphatic carbocycles. The Balaban J connectivity index is 1.88. The van der Waals surface area contributed by atoms with Crippen molar-refractivity contribution in [3.63, 3.8) is 0 Å². The van der Waals surface area contributed by atoms with E-state index in [1.165, 1.54) is 7.11 Å². The van der Waals surface area contributed by atoms with Crippen LogP contribution in [0.5, 0.6) is 0 Å². The second-order valence-electron chi connectivity index (χ2n) is 9.60. The van der Waals surface area contributed by atoms with Crippen molar-refractivity contribution < 1.29 is 24.2 Å². The third kappa shape index (κ3) is 2.15. The molecule has 0 amide bonds. The van der Waals surface area contributed by atoms with Gasteiger partial charge in [0.05, 0.1) is 5.41 Å². The number of aliphatic hydroxyl groups excluding tert-OH is 1. The van der Waals surface area contributed by atoms with Gasteiger partial charge in [-0.1, -0.05) is 31.6 Å². The second-order valence-corrected chi connectivity index (χ2v) is 9.60. The van der Waals surface area contributed by atoms with Crippen LogP contribution in [0.2, 0.25) is 0 Å². The van der Waals surface area contributed by atoms with Crippen LogP contribution in [0.25, 0.3) is 0 Å². The zero-order valence-corrected chi connectivity index (χ0v) is 17.5. The molecule has 5 heteroatoms. The number of Topliss-reactive ketones (excluding diaryl/α,β-unsaturated/α-hetero) is 2. The minimum Gasteiger partial charge on any atom is -0.388 e. The van der Waals surface area contributed by atoms with E-state index in [0.717, 1.165) is 24.8 Å². The van der Waals surface area contributed by atoms with Crippen LogP contribution < -0.4 is 0 Å². The van der Waals surface area contributed by atoms with Gasteiger partial charge in [0, 0.05) is 24.4 Å². The molecule has 156 valence electrons. The van der Waals surface area contributed by atoms with Gasteiger partial charge in [-0.2, -0.15) is 0 Å². The summed E-state index contributed by atoms with van der Waals surface area (Å²) in [6, 6.07) is 0. The maximum absolute atomic E-state index is 13.9. The van der Waals surface area contributed by atoms with Gasteiger partial charge in [-0.05, 0) is 49.7 Å². The molecule has 0 bridgehead atoms. The molecule has 0 aromatic rings. The summed E-state index contributed by atoms with van der Waals surface area (Å²) in [7, 11) is 1.51. The van der Waals surface area contributed by atoms with Gasteiger partial charge in [0.25, 0.3) is 0 Å². The highest BCUT2D eigenvalue weighted by molar-refractivity contribution is 6.02. The molecule has 3 fully saturated rings. The van der Waals surface area contributed by atoms with Gasteiger partial charge in [-0.25, -0.2) is 0 Å². The van der Waals surface area contributed by atoms with Gasteiger partial charge in [0.15, 0.2) is 11.6 Å². The summed E-state index contributed by atoms with van der Waals surface area (Å²) in [5.74, 6) is -0.212. The maximum Gasteiger partial charge on any atom is 0.190 e. The standard InChI is InChI=1S/C24H30O5/c1-5-23-18(7-6-15-12-16(26)8-10-21(15,23)2)17-9-11-24(29-4,20(28)14-25)22(17,3)13-19(23)27/h5,8,10,12,17-18,25H,1,6-7,9,11,13-14H2,2-4H3/t17-,18-,21-,22-,23+,24-/m0/s1. The Hall–Kier alpha value is -1.85. The summed E-state index contributed by atoms with van der Waals surface area (Å²) in [4.78, 5) is 38.8. The number of hydrogen-bond acceptors (Lipinski definition) is 5. The molecule has 0 spiro atoms. The van der Waals surface area contributed by atoms with Crippen LogP contribution in [0.1, 0.15) is 46.0 Å². The lowest BCUT2D eigenvalue weighted by Gasteiger charge is -2.62. The molecule has 29 heavy (non-hydrogen) atoms. The smallest absolute Gasteiger partial charge is 0.190 e. The molecule has 5 nitrogen and oxygen atoms in total. The van der Waals surface area contributed by atoms with Crippen molar-refractivity contribution in [2.45, 2.75) is 51.6 Å². The van der Waals surface area contributed by atoms with Crippen molar-refractivity contribution in [1.29, 1.82) is 0 Å². The lowest BCUT2D eigenvalue weighted by atomic mass is 9.39. The van der Waals surface area contributed by atoms with Crippen LogP contribution in [-0.2, 0) is 19.1 Å². The van der Waals surface area contributed by atoms with Crippen molar-refractivity contribution in [3.05, 3.63) is 36.5 Å². The summed E-state index contributed by atoms with van der Waals surface area (Å²) in [5, 5.41) is 9.63. The van der Waals surface area contributed by atoms with E-state index in [2.05, 4.69) is 6.58 Å². The summed E-state index contributed by atoms with van der Waals surface area (Å²) in [6.07, 6.45) is 9.96. The van der Waals surface area contributed by atoms with Crippen molar-refractivity contribution in [2.24, 2.45) is 28.1 Å². The molecule has 0 aromatic heterocycles.